The summed E-state index contributed by atoms with van der Waals surface area (Å²) in [6.07, 6.45) is -0.710. The van der Waals surface area contributed by atoms with Gasteiger partial charge in [-0.05, 0) is 11.1 Å². The summed E-state index contributed by atoms with van der Waals surface area (Å²) in [5, 5.41) is 10.6. The Morgan fingerprint density at radius 1 is 1.09 bits per heavy atom. The van der Waals surface area contributed by atoms with Crippen LogP contribution in [0.5, 0.6) is 0 Å². The zero-order valence-electron chi connectivity index (χ0n) is 12.7. The molecule has 1 atom stereocenters. The van der Waals surface area contributed by atoms with Crippen LogP contribution in [-0.4, -0.2) is 29.2 Å². The van der Waals surface area contributed by atoms with Crippen molar-refractivity contribution in [2.24, 2.45) is 0 Å². The van der Waals surface area contributed by atoms with Crippen LogP contribution in [0.25, 0.3) is 0 Å². The minimum absolute atomic E-state index is 0.115. The monoisotopic (exact) mass is 314 g/mol. The molecule has 2 aromatic carbocycles. The number of nitrogens with one attached hydrogen (secondary N) is 1. The zero-order valence-corrected chi connectivity index (χ0v) is 12.7. The van der Waals surface area contributed by atoms with E-state index in [1.165, 1.54) is 12.1 Å². The fourth-order valence-corrected chi connectivity index (χ4v) is 2.13. The lowest BCUT2D eigenvalue weighted by Crippen LogP contribution is -2.44. The van der Waals surface area contributed by atoms with E-state index in [1.54, 1.807) is 30.3 Å². The highest BCUT2D eigenvalue weighted by molar-refractivity contribution is 5.76. The minimum atomic E-state index is -1.07. The molecule has 0 aliphatic heterocycles. The van der Waals surface area contributed by atoms with Crippen LogP contribution >= 0.6 is 0 Å². The number of carboxylic acids is 1. The van der Waals surface area contributed by atoms with Crippen LogP contribution in [0, 0.1) is 0 Å². The van der Waals surface area contributed by atoms with Gasteiger partial charge in [-0.3, -0.25) is 10.2 Å². The Balaban J connectivity index is 1.94. The average molecular weight is 314 g/mol. The van der Waals surface area contributed by atoms with Crippen LogP contribution in [0.4, 0.5) is 4.79 Å². The molecule has 0 saturated carbocycles. The third-order valence-electron chi connectivity index (χ3n) is 3.22. The van der Waals surface area contributed by atoms with Crippen molar-refractivity contribution in [2.75, 3.05) is 7.05 Å². The third-order valence-corrected chi connectivity index (χ3v) is 3.22. The topological polar surface area (TPSA) is 78.9 Å². The average Bonchev–Trinajstić information content (AvgIpc) is 2.54. The van der Waals surface area contributed by atoms with E-state index >= 15 is 0 Å². The van der Waals surface area contributed by atoms with Gasteiger partial charge >= 0.3 is 12.1 Å². The van der Waals surface area contributed by atoms with Crippen molar-refractivity contribution in [3.8, 4) is 0 Å². The second-order valence-corrected chi connectivity index (χ2v) is 4.94. The van der Waals surface area contributed by atoms with E-state index in [4.69, 9.17) is 4.74 Å². The summed E-state index contributed by atoms with van der Waals surface area (Å²) >= 11 is 0. The van der Waals surface area contributed by atoms with E-state index < -0.39 is 18.1 Å². The largest absolute Gasteiger partial charge is 0.480 e. The number of benzene rings is 2. The lowest BCUT2D eigenvalue weighted by molar-refractivity contribution is -0.144. The fourth-order valence-electron chi connectivity index (χ4n) is 2.13. The van der Waals surface area contributed by atoms with Crippen molar-refractivity contribution < 1.29 is 19.4 Å². The van der Waals surface area contributed by atoms with Gasteiger partial charge in [0.15, 0.2) is 6.04 Å². The molecule has 6 nitrogen and oxygen atoms in total. The third kappa shape index (κ3) is 4.82. The lowest BCUT2D eigenvalue weighted by Gasteiger charge is -2.25. The van der Waals surface area contributed by atoms with E-state index in [2.05, 4.69) is 5.43 Å². The maximum Gasteiger partial charge on any atom is 0.422 e. The Hall–Kier alpha value is -2.86. The molecule has 120 valence electrons. The smallest absolute Gasteiger partial charge is 0.422 e. The number of hydrogen-bond acceptors (Lipinski definition) is 4. The first kappa shape index (κ1) is 16.5. The molecule has 0 saturated heterocycles. The molecule has 2 N–H and O–H groups in total. The summed E-state index contributed by atoms with van der Waals surface area (Å²) in [5.74, 6) is -1.07. The molecular weight excluding hydrogens is 296 g/mol. The molecule has 0 spiro atoms. The van der Waals surface area contributed by atoms with Crippen molar-refractivity contribution in [1.29, 1.82) is 0 Å². The van der Waals surface area contributed by atoms with E-state index in [0.717, 1.165) is 5.56 Å². The predicted molar refractivity (Wildman–Crippen MR) is 84.3 cm³/mol. The summed E-state index contributed by atoms with van der Waals surface area (Å²) in [6.45, 7) is 0.115. The van der Waals surface area contributed by atoms with Gasteiger partial charge in [0.1, 0.15) is 6.61 Å². The van der Waals surface area contributed by atoms with E-state index in [9.17, 15) is 14.7 Å². The van der Waals surface area contributed by atoms with Crippen LogP contribution in [-0.2, 0) is 16.1 Å². The maximum absolute atomic E-state index is 11.8. The van der Waals surface area contributed by atoms with Crippen molar-refractivity contribution in [1.82, 2.24) is 10.4 Å². The Morgan fingerprint density at radius 2 is 1.65 bits per heavy atom. The SMILES string of the molecule is CN(NC(=O)OCc1ccccc1)C(C(=O)O)c1ccccc1. The molecule has 0 bridgehead atoms. The Bertz CT molecular complexity index is 646. The van der Waals surface area contributed by atoms with E-state index in [-0.39, 0.29) is 6.61 Å². The summed E-state index contributed by atoms with van der Waals surface area (Å²) in [5.41, 5.74) is 3.83. The molecule has 2 aromatic rings. The number of hydrogen-bond donors (Lipinski definition) is 2. The number of likely N-dealkylation sites (N-methyl/N-ethyl adjacent to an activating group) is 1. The van der Waals surface area contributed by atoms with Gasteiger partial charge in [-0.1, -0.05) is 60.7 Å². The molecule has 0 heterocycles. The molecular formula is C17H18N2O4. The van der Waals surface area contributed by atoms with E-state index in [0.29, 0.717) is 5.56 Å². The molecule has 2 rings (SSSR count). The molecule has 0 aliphatic rings. The van der Waals surface area contributed by atoms with Gasteiger partial charge in [0.25, 0.3) is 0 Å². The van der Waals surface area contributed by atoms with Gasteiger partial charge in [-0.2, -0.15) is 0 Å². The molecule has 0 fully saturated rings. The van der Waals surface area contributed by atoms with Crippen molar-refractivity contribution >= 4 is 12.1 Å². The molecule has 6 heteroatoms. The number of rotatable bonds is 6. The van der Waals surface area contributed by atoms with Crippen LogP contribution in [0.3, 0.4) is 0 Å². The second kappa shape index (κ2) is 7.95. The van der Waals surface area contributed by atoms with Crippen molar-refractivity contribution in [3.05, 3.63) is 71.8 Å². The van der Waals surface area contributed by atoms with Crippen molar-refractivity contribution in [2.45, 2.75) is 12.6 Å². The summed E-state index contributed by atoms with van der Waals surface area (Å²) in [7, 11) is 1.48. The number of nitrogens with zero attached hydrogens (tertiary/aromatic N) is 1. The van der Waals surface area contributed by atoms with Gasteiger partial charge < -0.3 is 9.84 Å². The van der Waals surface area contributed by atoms with Gasteiger partial charge in [0, 0.05) is 7.05 Å². The second-order valence-electron chi connectivity index (χ2n) is 4.94. The number of carboxylic acid groups (broad SMARTS) is 1. The number of amides is 1. The molecule has 0 aromatic heterocycles. The van der Waals surface area contributed by atoms with Gasteiger partial charge in [0.05, 0.1) is 0 Å². The number of aliphatic carboxylic acids is 1. The Kier molecular flexibility index (Phi) is 5.71. The molecule has 0 aliphatic carbocycles. The highest BCUT2D eigenvalue weighted by Gasteiger charge is 2.26. The molecule has 1 unspecified atom stereocenters. The Labute approximate surface area is 134 Å². The standard InChI is InChI=1S/C17H18N2O4/c1-19(15(16(20)21)14-10-6-3-7-11-14)18-17(22)23-12-13-8-4-2-5-9-13/h2-11,15H,12H2,1H3,(H,18,22)(H,20,21). The molecule has 0 radical (unpaired) electrons. The zero-order chi connectivity index (χ0) is 16.7. The predicted octanol–water partition coefficient (Wildman–Crippen LogP) is 2.59. The summed E-state index contributed by atoms with van der Waals surface area (Å²) in [4.78, 5) is 23.3. The van der Waals surface area contributed by atoms with Crippen LogP contribution in [0.2, 0.25) is 0 Å². The van der Waals surface area contributed by atoms with Crippen LogP contribution < -0.4 is 5.43 Å². The lowest BCUT2D eigenvalue weighted by atomic mass is 10.1. The first-order valence-corrected chi connectivity index (χ1v) is 7.06. The fraction of sp³-hybridized carbons (Fsp3) is 0.176. The first-order valence-electron chi connectivity index (χ1n) is 7.06. The number of ether oxygens (including phenoxy) is 1. The van der Waals surface area contributed by atoms with Gasteiger partial charge in [-0.25, -0.2) is 9.80 Å². The highest BCUT2D eigenvalue weighted by Crippen LogP contribution is 2.17. The van der Waals surface area contributed by atoms with Gasteiger partial charge in [-0.15, -0.1) is 0 Å². The minimum Gasteiger partial charge on any atom is -0.480 e. The van der Waals surface area contributed by atoms with Crippen molar-refractivity contribution in [3.63, 3.8) is 0 Å². The molecule has 1 amide bonds. The van der Waals surface area contributed by atoms with E-state index in [1.807, 2.05) is 30.3 Å². The highest BCUT2D eigenvalue weighted by atomic mass is 16.6. The quantitative estimate of drug-likeness (QED) is 0.801. The molecule has 23 heavy (non-hydrogen) atoms. The summed E-state index contributed by atoms with van der Waals surface area (Å²) < 4.78 is 5.08. The van der Waals surface area contributed by atoms with Crippen LogP contribution in [0.15, 0.2) is 60.7 Å². The number of carbonyl (C=O) groups is 2. The summed E-state index contributed by atoms with van der Waals surface area (Å²) in [6, 6.07) is 16.9. The van der Waals surface area contributed by atoms with Gasteiger partial charge in [0.2, 0.25) is 0 Å². The maximum atomic E-state index is 11.8. The Morgan fingerprint density at radius 3 is 2.22 bits per heavy atom. The normalized spacial score (nSPS) is 11.7. The number of hydrazine groups is 1. The van der Waals surface area contributed by atoms with Crippen LogP contribution in [0.1, 0.15) is 17.2 Å². The first-order chi connectivity index (χ1) is 11.1. The number of carbonyl (C=O) groups excluding carboxylic acids is 1.